The van der Waals surface area contributed by atoms with Crippen LogP contribution in [0.5, 0.6) is 0 Å². The highest BCUT2D eigenvalue weighted by Gasteiger charge is 2.14. The lowest BCUT2D eigenvalue weighted by atomic mass is 10.1. The number of nitrogens with one attached hydrogen (secondary N) is 1. The molecule has 0 aliphatic rings. The summed E-state index contributed by atoms with van der Waals surface area (Å²) in [6, 6.07) is 13.4. The van der Waals surface area contributed by atoms with Crippen LogP contribution >= 0.6 is 11.6 Å². The van der Waals surface area contributed by atoms with Crippen molar-refractivity contribution in [3.05, 3.63) is 70.9 Å². The molecule has 0 fully saturated rings. The van der Waals surface area contributed by atoms with Gasteiger partial charge in [-0.05, 0) is 30.3 Å². The van der Waals surface area contributed by atoms with Gasteiger partial charge in [-0.2, -0.15) is 0 Å². The van der Waals surface area contributed by atoms with Gasteiger partial charge in [0.15, 0.2) is 0 Å². The Morgan fingerprint density at radius 3 is 2.65 bits per heavy atom. The number of hydrogen-bond donors (Lipinski definition) is 2. The zero-order valence-corrected chi connectivity index (χ0v) is 12.5. The molecule has 5 nitrogen and oxygen atoms in total. The number of aromatic nitrogens is 1. The molecule has 23 heavy (non-hydrogen) atoms. The van der Waals surface area contributed by atoms with E-state index < -0.39 is 11.9 Å². The predicted molar refractivity (Wildman–Crippen MR) is 88.1 cm³/mol. The SMILES string of the molecule is O=C(Nc1ccc(Cl)cc1C(=O)O)c1cnc2ccccc2c1. The van der Waals surface area contributed by atoms with E-state index in [2.05, 4.69) is 10.3 Å². The largest absolute Gasteiger partial charge is 0.478 e. The number of halogens is 1. The Balaban J connectivity index is 1.93. The second-order valence-electron chi connectivity index (χ2n) is 4.87. The van der Waals surface area contributed by atoms with Crippen molar-refractivity contribution in [2.24, 2.45) is 0 Å². The summed E-state index contributed by atoms with van der Waals surface area (Å²) in [5.41, 5.74) is 1.23. The molecule has 2 N–H and O–H groups in total. The van der Waals surface area contributed by atoms with E-state index in [0.717, 1.165) is 10.9 Å². The molecule has 2 aromatic carbocycles. The quantitative estimate of drug-likeness (QED) is 0.766. The third kappa shape index (κ3) is 3.14. The smallest absolute Gasteiger partial charge is 0.337 e. The summed E-state index contributed by atoms with van der Waals surface area (Å²) in [6.45, 7) is 0. The summed E-state index contributed by atoms with van der Waals surface area (Å²) in [4.78, 5) is 27.8. The van der Waals surface area contributed by atoms with E-state index in [1.54, 1.807) is 6.07 Å². The second-order valence-corrected chi connectivity index (χ2v) is 5.30. The number of carbonyl (C=O) groups is 2. The van der Waals surface area contributed by atoms with Crippen LogP contribution in [0.15, 0.2) is 54.7 Å². The van der Waals surface area contributed by atoms with Crippen molar-refractivity contribution in [2.45, 2.75) is 0 Å². The average molecular weight is 327 g/mol. The van der Waals surface area contributed by atoms with Crippen molar-refractivity contribution in [1.29, 1.82) is 0 Å². The molecule has 6 heteroatoms. The summed E-state index contributed by atoms with van der Waals surface area (Å²) in [6.07, 6.45) is 1.45. The average Bonchev–Trinajstić information content (AvgIpc) is 2.55. The lowest BCUT2D eigenvalue weighted by Gasteiger charge is -2.09. The molecule has 114 valence electrons. The second kappa shape index (κ2) is 6.06. The highest BCUT2D eigenvalue weighted by Crippen LogP contribution is 2.22. The third-order valence-corrected chi connectivity index (χ3v) is 3.55. The lowest BCUT2D eigenvalue weighted by Crippen LogP contribution is -2.15. The van der Waals surface area contributed by atoms with Gasteiger partial charge in [0, 0.05) is 16.6 Å². The topological polar surface area (TPSA) is 79.3 Å². The van der Waals surface area contributed by atoms with Crippen molar-refractivity contribution >= 4 is 40.1 Å². The van der Waals surface area contributed by atoms with Crippen LogP contribution in [-0.4, -0.2) is 22.0 Å². The summed E-state index contributed by atoms with van der Waals surface area (Å²) >= 11 is 5.79. The first-order valence-electron chi connectivity index (χ1n) is 6.73. The van der Waals surface area contributed by atoms with Gasteiger partial charge in [0.25, 0.3) is 5.91 Å². The maximum Gasteiger partial charge on any atom is 0.337 e. The summed E-state index contributed by atoms with van der Waals surface area (Å²) in [7, 11) is 0. The monoisotopic (exact) mass is 326 g/mol. The molecule has 1 aromatic heterocycles. The first-order valence-corrected chi connectivity index (χ1v) is 7.11. The molecule has 0 atom stereocenters. The number of benzene rings is 2. The maximum atomic E-state index is 12.3. The van der Waals surface area contributed by atoms with Crippen LogP contribution in [-0.2, 0) is 0 Å². The molecular formula is C17H11ClN2O3. The van der Waals surface area contributed by atoms with Gasteiger partial charge < -0.3 is 10.4 Å². The van der Waals surface area contributed by atoms with Gasteiger partial charge in [-0.15, -0.1) is 0 Å². The van der Waals surface area contributed by atoms with E-state index in [0.29, 0.717) is 5.56 Å². The molecular weight excluding hydrogens is 316 g/mol. The van der Waals surface area contributed by atoms with Gasteiger partial charge in [0.1, 0.15) is 0 Å². The normalized spacial score (nSPS) is 10.5. The molecule has 0 spiro atoms. The van der Waals surface area contributed by atoms with Gasteiger partial charge >= 0.3 is 5.97 Å². The van der Waals surface area contributed by atoms with Crippen LogP contribution in [0.25, 0.3) is 10.9 Å². The molecule has 0 radical (unpaired) electrons. The number of fused-ring (bicyclic) bond motifs is 1. The molecule has 0 unspecified atom stereocenters. The van der Waals surface area contributed by atoms with Crippen molar-refractivity contribution in [3.8, 4) is 0 Å². The molecule has 1 heterocycles. The van der Waals surface area contributed by atoms with Crippen LogP contribution in [0.4, 0.5) is 5.69 Å². The Morgan fingerprint density at radius 1 is 1.09 bits per heavy atom. The standard InChI is InChI=1S/C17H11ClN2O3/c18-12-5-6-15(13(8-12)17(22)23)20-16(21)11-7-10-3-1-2-4-14(10)19-9-11/h1-9H,(H,20,21)(H,22,23). The van der Waals surface area contributed by atoms with Crippen molar-refractivity contribution < 1.29 is 14.7 Å². The Morgan fingerprint density at radius 2 is 1.87 bits per heavy atom. The van der Waals surface area contributed by atoms with Gasteiger partial charge in [0.05, 0.1) is 22.3 Å². The minimum atomic E-state index is -1.17. The molecule has 3 rings (SSSR count). The fraction of sp³-hybridized carbons (Fsp3) is 0. The number of para-hydroxylation sites is 1. The maximum absolute atomic E-state index is 12.3. The van der Waals surface area contributed by atoms with Crippen LogP contribution in [0, 0.1) is 0 Å². The van der Waals surface area contributed by atoms with Crippen molar-refractivity contribution in [1.82, 2.24) is 4.98 Å². The lowest BCUT2D eigenvalue weighted by molar-refractivity contribution is 0.0698. The van der Waals surface area contributed by atoms with E-state index in [-0.39, 0.29) is 16.3 Å². The van der Waals surface area contributed by atoms with Gasteiger partial charge in [-0.25, -0.2) is 4.79 Å². The number of anilines is 1. The number of pyridine rings is 1. The number of nitrogens with zero attached hydrogens (tertiary/aromatic N) is 1. The van der Waals surface area contributed by atoms with Gasteiger partial charge in [-0.1, -0.05) is 29.8 Å². The zero-order valence-electron chi connectivity index (χ0n) is 11.8. The first kappa shape index (κ1) is 15.0. The molecule has 0 bridgehead atoms. The number of amides is 1. The van der Waals surface area contributed by atoms with E-state index in [9.17, 15) is 14.7 Å². The fourth-order valence-corrected chi connectivity index (χ4v) is 2.36. The molecule has 0 saturated carbocycles. The van der Waals surface area contributed by atoms with E-state index in [1.165, 1.54) is 24.4 Å². The van der Waals surface area contributed by atoms with Crippen LogP contribution in [0.3, 0.4) is 0 Å². The Bertz CT molecular complexity index is 925. The minimum absolute atomic E-state index is 0.0698. The highest BCUT2D eigenvalue weighted by molar-refractivity contribution is 6.31. The van der Waals surface area contributed by atoms with E-state index in [4.69, 9.17) is 11.6 Å². The minimum Gasteiger partial charge on any atom is -0.478 e. The van der Waals surface area contributed by atoms with Crippen LogP contribution < -0.4 is 5.32 Å². The fourth-order valence-electron chi connectivity index (χ4n) is 2.19. The highest BCUT2D eigenvalue weighted by atomic mass is 35.5. The van der Waals surface area contributed by atoms with Gasteiger partial charge in [0.2, 0.25) is 0 Å². The summed E-state index contributed by atoms with van der Waals surface area (Å²) in [5, 5.41) is 12.9. The first-order chi connectivity index (χ1) is 11.0. The number of rotatable bonds is 3. The zero-order chi connectivity index (χ0) is 16.4. The predicted octanol–water partition coefficient (Wildman–Crippen LogP) is 3.84. The van der Waals surface area contributed by atoms with E-state index in [1.807, 2.05) is 24.3 Å². The van der Waals surface area contributed by atoms with E-state index >= 15 is 0 Å². The van der Waals surface area contributed by atoms with Crippen molar-refractivity contribution in [2.75, 3.05) is 5.32 Å². The molecule has 0 aliphatic carbocycles. The van der Waals surface area contributed by atoms with Crippen LogP contribution in [0.1, 0.15) is 20.7 Å². The summed E-state index contributed by atoms with van der Waals surface area (Å²) in [5.74, 6) is -1.60. The Kier molecular flexibility index (Phi) is 3.95. The van der Waals surface area contributed by atoms with Crippen LogP contribution in [0.2, 0.25) is 5.02 Å². The number of hydrogen-bond acceptors (Lipinski definition) is 3. The Hall–Kier alpha value is -2.92. The number of carboxylic acids is 1. The Labute approximate surface area is 136 Å². The number of aromatic carboxylic acids is 1. The molecule has 0 saturated heterocycles. The number of carbonyl (C=O) groups excluding carboxylic acids is 1. The molecule has 3 aromatic rings. The molecule has 1 amide bonds. The van der Waals surface area contributed by atoms with Crippen molar-refractivity contribution in [3.63, 3.8) is 0 Å². The summed E-state index contributed by atoms with van der Waals surface area (Å²) < 4.78 is 0. The van der Waals surface area contributed by atoms with Gasteiger partial charge in [-0.3, -0.25) is 9.78 Å². The number of carboxylic acid groups (broad SMARTS) is 1. The molecule has 0 aliphatic heterocycles. The third-order valence-electron chi connectivity index (χ3n) is 3.31.